The highest BCUT2D eigenvalue weighted by molar-refractivity contribution is 7.18. The van der Waals surface area contributed by atoms with Crippen molar-refractivity contribution in [2.75, 3.05) is 5.32 Å². The molecule has 0 saturated heterocycles. The maximum absolute atomic E-state index is 13.1. The van der Waals surface area contributed by atoms with Gasteiger partial charge in [-0.25, -0.2) is 4.98 Å². The average molecular weight is 380 g/mol. The van der Waals surface area contributed by atoms with E-state index >= 15 is 0 Å². The lowest BCUT2D eigenvalue weighted by atomic mass is 10.2. The van der Waals surface area contributed by atoms with Gasteiger partial charge in [0.15, 0.2) is 0 Å². The molecule has 0 aliphatic heterocycles. The van der Waals surface area contributed by atoms with Crippen molar-refractivity contribution in [1.82, 2.24) is 4.98 Å². The molecule has 8 heteroatoms. The van der Waals surface area contributed by atoms with Crippen LogP contribution < -0.4 is 10.1 Å². The SMILES string of the molecule is CC(=O)Nc1ccc(OCc2nc3c(C(F)(F)F)cccc3s2)cc1C. The van der Waals surface area contributed by atoms with Crippen molar-refractivity contribution in [3.05, 3.63) is 52.5 Å². The number of rotatable bonds is 4. The number of hydrogen-bond donors (Lipinski definition) is 1. The number of thiazole rings is 1. The average Bonchev–Trinajstić information content (AvgIpc) is 2.96. The molecule has 3 rings (SSSR count). The van der Waals surface area contributed by atoms with E-state index in [1.165, 1.54) is 24.3 Å². The Kier molecular flexibility index (Phi) is 4.86. The number of fused-ring (bicyclic) bond motifs is 1. The largest absolute Gasteiger partial charge is 0.486 e. The van der Waals surface area contributed by atoms with Gasteiger partial charge in [0.05, 0.1) is 15.8 Å². The molecule has 0 unspecified atom stereocenters. The highest BCUT2D eigenvalue weighted by atomic mass is 32.1. The summed E-state index contributed by atoms with van der Waals surface area (Å²) in [5, 5.41) is 3.16. The van der Waals surface area contributed by atoms with E-state index in [9.17, 15) is 18.0 Å². The lowest BCUT2D eigenvalue weighted by Crippen LogP contribution is -2.07. The summed E-state index contributed by atoms with van der Waals surface area (Å²) in [4.78, 5) is 15.2. The number of para-hydroxylation sites is 1. The zero-order valence-electron chi connectivity index (χ0n) is 14.0. The smallest absolute Gasteiger partial charge is 0.418 e. The fourth-order valence-corrected chi connectivity index (χ4v) is 3.39. The number of ether oxygens (including phenoxy) is 1. The lowest BCUT2D eigenvalue weighted by molar-refractivity contribution is -0.136. The number of halogens is 3. The van der Waals surface area contributed by atoms with Gasteiger partial charge in [-0.05, 0) is 42.8 Å². The number of carbonyl (C=O) groups excluding carboxylic acids is 1. The van der Waals surface area contributed by atoms with Gasteiger partial charge in [0.25, 0.3) is 0 Å². The maximum Gasteiger partial charge on any atom is 0.418 e. The Balaban J connectivity index is 1.78. The second-order valence-electron chi connectivity index (χ2n) is 5.70. The van der Waals surface area contributed by atoms with Crippen LogP contribution in [0.1, 0.15) is 23.1 Å². The molecular formula is C18H15F3N2O2S. The number of anilines is 1. The molecule has 0 atom stereocenters. The quantitative estimate of drug-likeness (QED) is 0.680. The molecule has 26 heavy (non-hydrogen) atoms. The minimum Gasteiger partial charge on any atom is -0.486 e. The third-order valence-electron chi connectivity index (χ3n) is 3.64. The van der Waals surface area contributed by atoms with E-state index in [0.29, 0.717) is 21.1 Å². The van der Waals surface area contributed by atoms with Crippen molar-refractivity contribution in [3.8, 4) is 5.75 Å². The molecule has 3 aromatic rings. The van der Waals surface area contributed by atoms with Crippen LogP contribution in [0.3, 0.4) is 0 Å². The number of carbonyl (C=O) groups is 1. The lowest BCUT2D eigenvalue weighted by Gasteiger charge is -2.09. The van der Waals surface area contributed by atoms with Crippen molar-refractivity contribution in [3.63, 3.8) is 0 Å². The maximum atomic E-state index is 13.1. The molecule has 136 valence electrons. The number of benzene rings is 2. The van der Waals surface area contributed by atoms with Crippen molar-refractivity contribution >= 4 is 33.1 Å². The molecule has 0 aliphatic rings. The Morgan fingerprint density at radius 1 is 1.27 bits per heavy atom. The molecule has 0 saturated carbocycles. The van der Waals surface area contributed by atoms with Gasteiger partial charge in [0.1, 0.15) is 17.4 Å². The van der Waals surface area contributed by atoms with Crippen LogP contribution in [-0.2, 0) is 17.6 Å². The van der Waals surface area contributed by atoms with Gasteiger partial charge in [0.2, 0.25) is 5.91 Å². The summed E-state index contributed by atoms with van der Waals surface area (Å²) in [7, 11) is 0. The molecule has 1 aromatic heterocycles. The van der Waals surface area contributed by atoms with Crippen molar-refractivity contribution in [1.29, 1.82) is 0 Å². The fraction of sp³-hybridized carbons (Fsp3) is 0.222. The first-order valence-corrected chi connectivity index (χ1v) is 8.52. The van der Waals surface area contributed by atoms with Gasteiger partial charge in [0, 0.05) is 12.6 Å². The number of hydrogen-bond acceptors (Lipinski definition) is 4. The Morgan fingerprint density at radius 3 is 2.69 bits per heavy atom. The first kappa shape index (κ1) is 18.2. The zero-order valence-corrected chi connectivity index (χ0v) is 14.8. The number of nitrogens with zero attached hydrogens (tertiary/aromatic N) is 1. The second-order valence-corrected chi connectivity index (χ2v) is 6.82. The molecule has 0 radical (unpaired) electrons. The van der Waals surface area contributed by atoms with Gasteiger partial charge < -0.3 is 10.1 Å². The third kappa shape index (κ3) is 3.96. The van der Waals surface area contributed by atoms with Crippen LogP contribution >= 0.6 is 11.3 Å². The van der Waals surface area contributed by atoms with Crippen molar-refractivity contribution in [2.45, 2.75) is 26.6 Å². The number of aryl methyl sites for hydroxylation is 1. The Morgan fingerprint density at radius 2 is 2.04 bits per heavy atom. The Bertz CT molecular complexity index is 967. The summed E-state index contributed by atoms with van der Waals surface area (Å²) in [5.41, 5.74) is 0.704. The van der Waals surface area contributed by atoms with Crippen LogP contribution in [0.5, 0.6) is 5.75 Å². The third-order valence-corrected chi connectivity index (χ3v) is 4.63. The van der Waals surface area contributed by atoms with Crippen LogP contribution in [-0.4, -0.2) is 10.9 Å². The first-order valence-electron chi connectivity index (χ1n) is 7.70. The molecule has 0 bridgehead atoms. The van der Waals surface area contributed by atoms with Gasteiger partial charge in [-0.15, -0.1) is 11.3 Å². The van der Waals surface area contributed by atoms with Crippen LogP contribution in [0.4, 0.5) is 18.9 Å². The predicted octanol–water partition coefficient (Wildman–Crippen LogP) is 5.16. The van der Waals surface area contributed by atoms with E-state index in [-0.39, 0.29) is 18.0 Å². The number of alkyl halides is 3. The summed E-state index contributed by atoms with van der Waals surface area (Å²) in [6.07, 6.45) is -4.44. The molecule has 2 aromatic carbocycles. The summed E-state index contributed by atoms with van der Waals surface area (Å²) >= 11 is 1.17. The number of aromatic nitrogens is 1. The van der Waals surface area contributed by atoms with E-state index in [1.54, 1.807) is 24.3 Å². The van der Waals surface area contributed by atoms with Crippen LogP contribution in [0.15, 0.2) is 36.4 Å². The van der Waals surface area contributed by atoms with E-state index < -0.39 is 11.7 Å². The van der Waals surface area contributed by atoms with Crippen LogP contribution in [0, 0.1) is 6.92 Å². The van der Waals surface area contributed by atoms with E-state index in [0.717, 1.165) is 11.6 Å². The molecule has 1 amide bonds. The molecule has 1 heterocycles. The number of amides is 1. The summed E-state index contributed by atoms with van der Waals surface area (Å²) in [5.74, 6) is 0.378. The van der Waals surface area contributed by atoms with Gasteiger partial charge in [-0.2, -0.15) is 13.2 Å². The highest BCUT2D eigenvalue weighted by Crippen LogP contribution is 2.36. The summed E-state index contributed by atoms with van der Waals surface area (Å²) in [6, 6.07) is 9.16. The minimum absolute atomic E-state index is 0.0548. The summed E-state index contributed by atoms with van der Waals surface area (Å²) < 4.78 is 45.3. The molecule has 4 nitrogen and oxygen atoms in total. The standard InChI is InChI=1S/C18H15F3N2O2S/c1-10-8-12(6-7-14(10)22-11(2)24)25-9-16-23-17-13(18(19,20)21)4-3-5-15(17)26-16/h3-8H,9H2,1-2H3,(H,22,24). The number of nitrogens with one attached hydrogen (secondary N) is 1. The van der Waals surface area contributed by atoms with E-state index in [4.69, 9.17) is 4.74 Å². The predicted molar refractivity (Wildman–Crippen MR) is 94.4 cm³/mol. The second kappa shape index (κ2) is 6.95. The van der Waals surface area contributed by atoms with Gasteiger partial charge in [-0.3, -0.25) is 4.79 Å². The van der Waals surface area contributed by atoms with E-state index in [1.807, 2.05) is 6.92 Å². The Hall–Kier alpha value is -2.61. The van der Waals surface area contributed by atoms with Gasteiger partial charge in [-0.1, -0.05) is 6.07 Å². The van der Waals surface area contributed by atoms with Crippen molar-refractivity contribution < 1.29 is 22.7 Å². The molecule has 0 spiro atoms. The molecular weight excluding hydrogens is 365 g/mol. The Labute approximate surface area is 151 Å². The topological polar surface area (TPSA) is 51.2 Å². The van der Waals surface area contributed by atoms with Crippen LogP contribution in [0.2, 0.25) is 0 Å². The minimum atomic E-state index is -4.44. The first-order chi connectivity index (χ1) is 12.2. The summed E-state index contributed by atoms with van der Waals surface area (Å²) in [6.45, 7) is 3.31. The van der Waals surface area contributed by atoms with Crippen LogP contribution in [0.25, 0.3) is 10.2 Å². The zero-order chi connectivity index (χ0) is 18.9. The molecule has 0 aliphatic carbocycles. The van der Waals surface area contributed by atoms with Crippen molar-refractivity contribution in [2.24, 2.45) is 0 Å². The molecule has 0 fully saturated rings. The van der Waals surface area contributed by atoms with E-state index in [2.05, 4.69) is 10.3 Å². The van der Waals surface area contributed by atoms with Gasteiger partial charge >= 0.3 is 6.18 Å². The molecule has 1 N–H and O–H groups in total. The highest BCUT2D eigenvalue weighted by Gasteiger charge is 2.33. The normalized spacial score (nSPS) is 11.6. The monoisotopic (exact) mass is 380 g/mol. The fourth-order valence-electron chi connectivity index (χ4n) is 2.49.